The zero-order valence-corrected chi connectivity index (χ0v) is 16.2. The maximum absolute atomic E-state index is 6.18. The largest absolute Gasteiger partial charge is 0.490 e. The van der Waals surface area contributed by atoms with Gasteiger partial charge >= 0.3 is 0 Å². The number of nitrogens with one attached hydrogen (secondary N) is 1. The number of benzene rings is 1. The average molecular weight is 360 g/mol. The lowest BCUT2D eigenvalue weighted by atomic mass is 9.90. The van der Waals surface area contributed by atoms with Crippen molar-refractivity contribution in [2.24, 2.45) is 0 Å². The first kappa shape index (κ1) is 19.2. The summed E-state index contributed by atoms with van der Waals surface area (Å²) in [6, 6.07) is 6.27. The molecule has 0 aliphatic carbocycles. The van der Waals surface area contributed by atoms with Crippen molar-refractivity contribution in [3.05, 3.63) is 35.9 Å². The van der Waals surface area contributed by atoms with Crippen molar-refractivity contribution in [1.29, 1.82) is 0 Å². The molecule has 0 bridgehead atoms. The van der Waals surface area contributed by atoms with Gasteiger partial charge in [-0.2, -0.15) is 0 Å². The second-order valence-electron chi connectivity index (χ2n) is 7.45. The van der Waals surface area contributed by atoms with Crippen molar-refractivity contribution < 1.29 is 14.2 Å². The number of hydrogen-bond acceptors (Lipinski definition) is 5. The summed E-state index contributed by atoms with van der Waals surface area (Å²) < 4.78 is 17.8. The fourth-order valence-corrected chi connectivity index (χ4v) is 3.74. The van der Waals surface area contributed by atoms with Gasteiger partial charge in [-0.3, -0.25) is 4.90 Å². The molecule has 2 fully saturated rings. The van der Waals surface area contributed by atoms with E-state index in [9.17, 15) is 0 Å². The van der Waals surface area contributed by atoms with Crippen LogP contribution in [0.3, 0.4) is 0 Å². The maximum Gasteiger partial charge on any atom is 0.161 e. The van der Waals surface area contributed by atoms with E-state index in [1.807, 2.05) is 19.9 Å². The van der Waals surface area contributed by atoms with Gasteiger partial charge in [0.25, 0.3) is 0 Å². The Hall–Kier alpha value is -1.56. The van der Waals surface area contributed by atoms with Crippen LogP contribution in [0.15, 0.2) is 30.4 Å². The van der Waals surface area contributed by atoms with E-state index >= 15 is 0 Å². The zero-order chi connectivity index (χ0) is 18.4. The molecule has 2 aliphatic heterocycles. The van der Waals surface area contributed by atoms with Gasteiger partial charge in [0, 0.05) is 19.6 Å². The van der Waals surface area contributed by atoms with E-state index in [1.165, 1.54) is 5.56 Å². The van der Waals surface area contributed by atoms with E-state index < -0.39 is 0 Å². The lowest BCUT2D eigenvalue weighted by Gasteiger charge is -2.45. The quantitative estimate of drug-likeness (QED) is 0.757. The molecule has 2 aliphatic rings. The van der Waals surface area contributed by atoms with Gasteiger partial charge in [0.15, 0.2) is 11.5 Å². The van der Waals surface area contributed by atoms with Gasteiger partial charge in [0.05, 0.1) is 18.8 Å². The van der Waals surface area contributed by atoms with E-state index in [1.54, 1.807) is 0 Å². The van der Waals surface area contributed by atoms with Crippen molar-refractivity contribution in [2.75, 3.05) is 46.0 Å². The first-order chi connectivity index (χ1) is 12.6. The summed E-state index contributed by atoms with van der Waals surface area (Å²) in [6.45, 7) is 14.8. The predicted octanol–water partition coefficient (Wildman–Crippen LogP) is 2.99. The molecule has 1 aromatic rings. The van der Waals surface area contributed by atoms with Crippen LogP contribution >= 0.6 is 0 Å². The average Bonchev–Trinajstić information content (AvgIpc) is 2.62. The third kappa shape index (κ3) is 5.00. The lowest BCUT2D eigenvalue weighted by molar-refractivity contribution is -0.125. The monoisotopic (exact) mass is 360 g/mol. The Kier molecular flexibility index (Phi) is 6.57. The van der Waals surface area contributed by atoms with Gasteiger partial charge in [-0.15, -0.1) is 0 Å². The van der Waals surface area contributed by atoms with Crippen LogP contribution in [0.25, 0.3) is 0 Å². The van der Waals surface area contributed by atoms with Crippen molar-refractivity contribution in [1.82, 2.24) is 10.2 Å². The fraction of sp³-hybridized carbons (Fsp3) is 0.619. The molecule has 26 heavy (non-hydrogen) atoms. The number of ether oxygens (including phenoxy) is 3. The molecular weight excluding hydrogens is 328 g/mol. The van der Waals surface area contributed by atoms with Crippen molar-refractivity contribution in [2.45, 2.75) is 38.8 Å². The Morgan fingerprint density at radius 2 is 2.08 bits per heavy atom. The molecule has 0 radical (unpaired) electrons. The van der Waals surface area contributed by atoms with Gasteiger partial charge < -0.3 is 19.5 Å². The van der Waals surface area contributed by atoms with Crippen molar-refractivity contribution in [3.63, 3.8) is 0 Å². The Morgan fingerprint density at radius 1 is 1.27 bits per heavy atom. The second-order valence-corrected chi connectivity index (χ2v) is 7.45. The summed E-state index contributed by atoms with van der Waals surface area (Å²) in [5, 5.41) is 3.43. The topological polar surface area (TPSA) is 43.0 Å². The van der Waals surface area contributed by atoms with Crippen LogP contribution in [0.4, 0.5) is 0 Å². The minimum Gasteiger partial charge on any atom is -0.490 e. The molecule has 3 rings (SSSR count). The van der Waals surface area contributed by atoms with E-state index in [0.29, 0.717) is 13.2 Å². The third-order valence-electron chi connectivity index (χ3n) is 5.03. The minimum atomic E-state index is 0.0385. The molecule has 0 saturated carbocycles. The van der Waals surface area contributed by atoms with E-state index in [0.717, 1.165) is 69.2 Å². The molecule has 5 nitrogen and oxygen atoms in total. The van der Waals surface area contributed by atoms with Gasteiger partial charge in [-0.1, -0.05) is 12.6 Å². The summed E-state index contributed by atoms with van der Waals surface area (Å²) in [5.74, 6) is 1.60. The van der Waals surface area contributed by atoms with Gasteiger partial charge in [-0.05, 0) is 63.0 Å². The molecular formula is C21H32N2O3. The minimum absolute atomic E-state index is 0.0385. The Bertz CT molecular complexity index is 606. The highest BCUT2D eigenvalue weighted by Gasteiger charge is 2.37. The normalized spacial score (nSPS) is 20.1. The fourth-order valence-electron chi connectivity index (χ4n) is 3.74. The summed E-state index contributed by atoms with van der Waals surface area (Å²) >= 11 is 0. The first-order valence-electron chi connectivity index (χ1n) is 9.70. The molecule has 144 valence electrons. The van der Waals surface area contributed by atoms with Crippen LogP contribution < -0.4 is 14.8 Å². The number of hydrogen-bond donors (Lipinski definition) is 1. The van der Waals surface area contributed by atoms with Crippen LogP contribution in [-0.4, -0.2) is 56.5 Å². The highest BCUT2D eigenvalue weighted by atomic mass is 16.5. The maximum atomic E-state index is 6.18. The summed E-state index contributed by atoms with van der Waals surface area (Å²) in [4.78, 5) is 2.51. The Labute approximate surface area is 157 Å². The van der Waals surface area contributed by atoms with Gasteiger partial charge in [-0.25, -0.2) is 0 Å². The van der Waals surface area contributed by atoms with E-state index in [2.05, 4.69) is 28.9 Å². The number of rotatable bonds is 7. The van der Waals surface area contributed by atoms with E-state index in [-0.39, 0.29) is 5.60 Å². The smallest absolute Gasteiger partial charge is 0.161 e. The van der Waals surface area contributed by atoms with Gasteiger partial charge in [0.2, 0.25) is 0 Å². The standard InChI is InChI=1S/C21H32N2O3/c1-4-24-20-13-18(5-6-19(20)25-15-17(2)3)14-23-11-12-26-21(16-23)7-9-22-10-8-21/h5-6,13,22H,2,4,7-12,14-16H2,1,3H3. The van der Waals surface area contributed by atoms with Gasteiger partial charge in [0.1, 0.15) is 6.61 Å². The lowest BCUT2D eigenvalue weighted by Crippen LogP contribution is -2.55. The third-order valence-corrected chi connectivity index (χ3v) is 5.03. The molecule has 0 aromatic heterocycles. The molecule has 1 N–H and O–H groups in total. The highest BCUT2D eigenvalue weighted by Crippen LogP contribution is 2.31. The highest BCUT2D eigenvalue weighted by molar-refractivity contribution is 5.43. The Balaban J connectivity index is 1.66. The molecule has 0 amide bonds. The van der Waals surface area contributed by atoms with Crippen LogP contribution in [0.1, 0.15) is 32.3 Å². The number of nitrogens with zero attached hydrogens (tertiary/aromatic N) is 1. The van der Waals surface area contributed by atoms with Crippen LogP contribution in [0, 0.1) is 0 Å². The molecule has 5 heteroatoms. The second kappa shape index (κ2) is 8.89. The summed E-state index contributed by atoms with van der Waals surface area (Å²) in [5.41, 5.74) is 2.29. The Morgan fingerprint density at radius 3 is 2.81 bits per heavy atom. The molecule has 0 unspecified atom stereocenters. The summed E-state index contributed by atoms with van der Waals surface area (Å²) in [7, 11) is 0. The van der Waals surface area contributed by atoms with Crippen molar-refractivity contribution in [3.8, 4) is 11.5 Å². The molecule has 0 atom stereocenters. The predicted molar refractivity (Wildman–Crippen MR) is 104 cm³/mol. The van der Waals surface area contributed by atoms with Crippen LogP contribution in [-0.2, 0) is 11.3 Å². The zero-order valence-electron chi connectivity index (χ0n) is 16.2. The van der Waals surface area contributed by atoms with Crippen molar-refractivity contribution >= 4 is 0 Å². The molecule has 1 spiro atoms. The van der Waals surface area contributed by atoms with Crippen LogP contribution in [0.5, 0.6) is 11.5 Å². The number of piperidine rings is 1. The molecule has 2 saturated heterocycles. The number of morpholine rings is 1. The van der Waals surface area contributed by atoms with E-state index in [4.69, 9.17) is 14.2 Å². The summed E-state index contributed by atoms with van der Waals surface area (Å²) in [6.07, 6.45) is 2.20. The first-order valence-corrected chi connectivity index (χ1v) is 9.70. The van der Waals surface area contributed by atoms with Crippen LogP contribution in [0.2, 0.25) is 0 Å². The molecule has 1 aromatic carbocycles. The molecule has 2 heterocycles. The SMILES string of the molecule is C=C(C)COc1ccc(CN2CCOC3(CCNCC3)C2)cc1OCC.